The predicted molar refractivity (Wildman–Crippen MR) is 112 cm³/mol. The summed E-state index contributed by atoms with van der Waals surface area (Å²) < 4.78 is 5.61. The summed E-state index contributed by atoms with van der Waals surface area (Å²) in [5.74, 6) is 0.158. The highest BCUT2D eigenvalue weighted by molar-refractivity contribution is 5.86. The lowest BCUT2D eigenvalue weighted by Crippen LogP contribution is -2.54. The highest BCUT2D eigenvalue weighted by Crippen LogP contribution is 2.17. The molecular formula is C17H35Cl3N4O2. The summed E-state index contributed by atoms with van der Waals surface area (Å²) in [6.07, 6.45) is 4.92. The van der Waals surface area contributed by atoms with Crippen molar-refractivity contribution in [3.8, 4) is 0 Å². The molecule has 3 rings (SSSR count). The van der Waals surface area contributed by atoms with Gasteiger partial charge in [-0.05, 0) is 52.4 Å². The average molecular weight is 434 g/mol. The summed E-state index contributed by atoms with van der Waals surface area (Å²) in [5.41, 5.74) is 0. The Morgan fingerprint density at radius 3 is 2.23 bits per heavy atom. The van der Waals surface area contributed by atoms with Gasteiger partial charge in [-0.3, -0.25) is 9.69 Å². The number of carbonyl (C=O) groups is 1. The molecule has 0 bridgehead atoms. The maximum absolute atomic E-state index is 12.3. The molecule has 3 fully saturated rings. The Bertz CT molecular complexity index is 384. The fourth-order valence-electron chi connectivity index (χ4n) is 3.98. The van der Waals surface area contributed by atoms with Crippen molar-refractivity contribution < 1.29 is 9.53 Å². The number of piperidine rings is 1. The quantitative estimate of drug-likeness (QED) is 0.707. The Kier molecular flexibility index (Phi) is 13.5. The molecule has 9 heteroatoms. The van der Waals surface area contributed by atoms with Gasteiger partial charge in [-0.25, -0.2) is 0 Å². The number of rotatable bonds is 5. The lowest BCUT2D eigenvalue weighted by atomic mass is 10.0. The SMILES string of the molecule is CN1CCC(N2CCN(C(=O)COC[C@H]3CCCN3)CC2)CC1.Cl.Cl.Cl. The van der Waals surface area contributed by atoms with Gasteiger partial charge in [0.25, 0.3) is 0 Å². The van der Waals surface area contributed by atoms with Gasteiger partial charge in [0.2, 0.25) is 5.91 Å². The lowest BCUT2D eigenvalue weighted by Gasteiger charge is -2.42. The molecule has 26 heavy (non-hydrogen) atoms. The van der Waals surface area contributed by atoms with E-state index in [9.17, 15) is 4.79 Å². The van der Waals surface area contributed by atoms with Crippen molar-refractivity contribution >= 4 is 43.1 Å². The van der Waals surface area contributed by atoms with Crippen molar-refractivity contribution in [3.05, 3.63) is 0 Å². The molecule has 0 radical (unpaired) electrons. The van der Waals surface area contributed by atoms with Gasteiger partial charge in [0.15, 0.2) is 0 Å². The van der Waals surface area contributed by atoms with Crippen molar-refractivity contribution in [2.45, 2.75) is 37.8 Å². The van der Waals surface area contributed by atoms with Gasteiger partial charge >= 0.3 is 0 Å². The number of carbonyl (C=O) groups excluding carboxylic acids is 1. The number of ether oxygens (including phenoxy) is 1. The van der Waals surface area contributed by atoms with Crippen LogP contribution in [-0.4, -0.2) is 98.8 Å². The number of hydrogen-bond donors (Lipinski definition) is 1. The molecular weight excluding hydrogens is 399 g/mol. The van der Waals surface area contributed by atoms with Crippen molar-refractivity contribution in [1.82, 2.24) is 20.0 Å². The molecule has 0 spiro atoms. The van der Waals surface area contributed by atoms with E-state index in [4.69, 9.17) is 4.74 Å². The van der Waals surface area contributed by atoms with Gasteiger partial charge in [0, 0.05) is 38.3 Å². The zero-order valence-corrected chi connectivity index (χ0v) is 18.2. The molecule has 3 saturated heterocycles. The Morgan fingerprint density at radius 2 is 1.65 bits per heavy atom. The van der Waals surface area contributed by atoms with Crippen LogP contribution in [-0.2, 0) is 9.53 Å². The molecule has 1 amide bonds. The van der Waals surface area contributed by atoms with Crippen LogP contribution in [0.2, 0.25) is 0 Å². The van der Waals surface area contributed by atoms with Crippen LogP contribution in [0.5, 0.6) is 0 Å². The van der Waals surface area contributed by atoms with Crippen LogP contribution in [0.3, 0.4) is 0 Å². The molecule has 1 N–H and O–H groups in total. The van der Waals surface area contributed by atoms with Crippen molar-refractivity contribution in [2.24, 2.45) is 0 Å². The predicted octanol–water partition coefficient (Wildman–Crippen LogP) is 1.26. The lowest BCUT2D eigenvalue weighted by molar-refractivity contribution is -0.138. The van der Waals surface area contributed by atoms with Crippen molar-refractivity contribution in [2.75, 3.05) is 66.1 Å². The summed E-state index contributed by atoms with van der Waals surface area (Å²) in [5, 5.41) is 3.40. The van der Waals surface area contributed by atoms with E-state index in [1.165, 1.54) is 38.8 Å². The number of nitrogens with zero attached hydrogens (tertiary/aromatic N) is 3. The summed E-state index contributed by atoms with van der Waals surface area (Å²) in [6, 6.07) is 1.16. The van der Waals surface area contributed by atoms with Gasteiger partial charge in [-0.15, -0.1) is 37.2 Å². The monoisotopic (exact) mass is 432 g/mol. The van der Waals surface area contributed by atoms with Crippen molar-refractivity contribution in [1.29, 1.82) is 0 Å². The number of halogens is 3. The van der Waals surface area contributed by atoms with Crippen LogP contribution < -0.4 is 5.32 Å². The Balaban J connectivity index is 0.00000208. The minimum Gasteiger partial charge on any atom is -0.370 e. The molecule has 0 aromatic rings. The van der Waals surface area contributed by atoms with E-state index in [2.05, 4.69) is 22.2 Å². The first kappa shape index (κ1) is 26.2. The van der Waals surface area contributed by atoms with E-state index >= 15 is 0 Å². The molecule has 0 aromatic heterocycles. The van der Waals surface area contributed by atoms with Gasteiger partial charge in [0.05, 0.1) is 6.61 Å². The Morgan fingerprint density at radius 1 is 1.00 bits per heavy atom. The van der Waals surface area contributed by atoms with Gasteiger partial charge in [-0.2, -0.15) is 0 Å². The Labute approximate surface area is 176 Å². The molecule has 0 saturated carbocycles. The molecule has 6 nitrogen and oxygen atoms in total. The molecule has 3 aliphatic rings. The second kappa shape index (κ2) is 13.4. The maximum atomic E-state index is 12.3. The van der Waals surface area contributed by atoms with Crippen LogP contribution in [0.4, 0.5) is 0 Å². The molecule has 3 heterocycles. The molecule has 1 atom stereocenters. The van der Waals surface area contributed by atoms with E-state index in [0.717, 1.165) is 32.7 Å². The number of likely N-dealkylation sites (tertiary alicyclic amines) is 1. The Hall–Kier alpha value is 0.180. The zero-order valence-electron chi connectivity index (χ0n) is 15.7. The molecule has 0 aliphatic carbocycles. The van der Waals surface area contributed by atoms with Gasteiger partial charge < -0.3 is 19.9 Å². The first-order valence-electron chi connectivity index (χ1n) is 9.24. The van der Waals surface area contributed by atoms with E-state index in [0.29, 0.717) is 18.7 Å². The third-order valence-corrected chi connectivity index (χ3v) is 5.58. The largest absolute Gasteiger partial charge is 0.370 e. The topological polar surface area (TPSA) is 48.0 Å². The number of nitrogens with one attached hydrogen (secondary N) is 1. The minimum absolute atomic E-state index is 0. The van der Waals surface area contributed by atoms with Crippen molar-refractivity contribution in [3.63, 3.8) is 0 Å². The maximum Gasteiger partial charge on any atom is 0.248 e. The fraction of sp³-hybridized carbons (Fsp3) is 0.941. The third-order valence-electron chi connectivity index (χ3n) is 5.58. The fourth-order valence-corrected chi connectivity index (χ4v) is 3.98. The third kappa shape index (κ3) is 7.66. The second-order valence-electron chi connectivity index (χ2n) is 7.26. The second-order valence-corrected chi connectivity index (χ2v) is 7.26. The zero-order chi connectivity index (χ0) is 16.1. The van der Waals surface area contributed by atoms with E-state index in [1.807, 2.05) is 4.90 Å². The highest BCUT2D eigenvalue weighted by Gasteiger charge is 2.28. The average Bonchev–Trinajstić information content (AvgIpc) is 3.09. The van der Waals surface area contributed by atoms with Gasteiger partial charge in [-0.1, -0.05) is 0 Å². The molecule has 0 aromatic carbocycles. The smallest absolute Gasteiger partial charge is 0.248 e. The summed E-state index contributed by atoms with van der Waals surface area (Å²) in [6.45, 7) is 8.15. The van der Waals surface area contributed by atoms with Crippen LogP contribution in [0, 0.1) is 0 Å². The van der Waals surface area contributed by atoms with Crippen LogP contribution in [0.1, 0.15) is 25.7 Å². The minimum atomic E-state index is 0. The van der Waals surface area contributed by atoms with Gasteiger partial charge in [0.1, 0.15) is 6.61 Å². The number of hydrogen-bond acceptors (Lipinski definition) is 5. The van der Waals surface area contributed by atoms with E-state index in [-0.39, 0.29) is 49.7 Å². The number of piperazine rings is 1. The number of amides is 1. The standard InChI is InChI=1S/C17H32N4O2.3ClH/c1-19-7-4-16(5-8-19)20-9-11-21(12-10-20)17(22)14-23-13-15-3-2-6-18-15;;;/h15-16,18H,2-14H2,1H3;3*1H/t15-;;;/m1.../s1. The highest BCUT2D eigenvalue weighted by atomic mass is 35.5. The van der Waals surface area contributed by atoms with E-state index in [1.54, 1.807) is 0 Å². The molecule has 0 unspecified atom stereocenters. The van der Waals surface area contributed by atoms with Crippen LogP contribution in [0.15, 0.2) is 0 Å². The summed E-state index contributed by atoms with van der Waals surface area (Å²) in [4.78, 5) is 19.2. The van der Waals surface area contributed by atoms with Crippen LogP contribution >= 0.6 is 37.2 Å². The molecule has 156 valence electrons. The normalized spacial score (nSPS) is 25.1. The first-order chi connectivity index (χ1) is 11.2. The van der Waals surface area contributed by atoms with Crippen LogP contribution in [0.25, 0.3) is 0 Å². The van der Waals surface area contributed by atoms with E-state index < -0.39 is 0 Å². The molecule has 3 aliphatic heterocycles. The first-order valence-corrected chi connectivity index (χ1v) is 9.24. The summed E-state index contributed by atoms with van der Waals surface area (Å²) in [7, 11) is 2.20. The summed E-state index contributed by atoms with van der Waals surface area (Å²) >= 11 is 0.